The molecule has 2 N–H and O–H groups in total. The van der Waals surface area contributed by atoms with E-state index >= 15 is 0 Å². The van der Waals surface area contributed by atoms with E-state index in [0.717, 1.165) is 12.0 Å². The predicted octanol–water partition coefficient (Wildman–Crippen LogP) is 3.35. The van der Waals surface area contributed by atoms with Crippen molar-refractivity contribution < 1.29 is 14.3 Å². The smallest absolute Gasteiger partial charge is 0.321 e. The summed E-state index contributed by atoms with van der Waals surface area (Å²) in [6, 6.07) is 6.80. The fourth-order valence-corrected chi connectivity index (χ4v) is 3.33. The van der Waals surface area contributed by atoms with Gasteiger partial charge in [-0.25, -0.2) is 4.79 Å². The molecule has 0 saturated carbocycles. The molecule has 2 aromatic rings. The number of carbonyl (C=O) groups is 2. The summed E-state index contributed by atoms with van der Waals surface area (Å²) in [6.45, 7) is 6.74. The van der Waals surface area contributed by atoms with E-state index in [4.69, 9.17) is 16.3 Å². The molecule has 0 fully saturated rings. The lowest BCUT2D eigenvalue weighted by molar-refractivity contribution is -0.117. The molecule has 1 heterocycles. The zero-order valence-corrected chi connectivity index (χ0v) is 18.6. The maximum Gasteiger partial charge on any atom is 0.321 e. The minimum absolute atomic E-state index is 0.0423. The van der Waals surface area contributed by atoms with Crippen molar-refractivity contribution in [1.29, 1.82) is 0 Å². The number of imide groups is 1. The van der Waals surface area contributed by atoms with Gasteiger partial charge >= 0.3 is 6.03 Å². The Kier molecular flexibility index (Phi) is 8.48. The second kappa shape index (κ2) is 10.6. The Labute approximate surface area is 179 Å². The van der Waals surface area contributed by atoms with Crippen molar-refractivity contribution in [3.63, 3.8) is 0 Å². The molecule has 2 rings (SSSR count). The molecule has 29 heavy (non-hydrogen) atoms. The maximum absolute atomic E-state index is 12.1. The molecule has 0 aliphatic heterocycles. The van der Waals surface area contributed by atoms with E-state index in [1.165, 1.54) is 11.8 Å². The summed E-state index contributed by atoms with van der Waals surface area (Å²) in [6.07, 6.45) is 0.767. The van der Waals surface area contributed by atoms with Gasteiger partial charge in [-0.3, -0.25) is 10.1 Å². The fraction of sp³-hybridized carbons (Fsp3) is 0.474. The van der Waals surface area contributed by atoms with Gasteiger partial charge in [-0.2, -0.15) is 0 Å². The lowest BCUT2D eigenvalue weighted by Gasteiger charge is -2.20. The zero-order chi connectivity index (χ0) is 21.4. The Hall–Kier alpha value is -2.10. The molecule has 1 aromatic carbocycles. The SMILES string of the molecule is COCCCn1c(SCC(=O)NC(=O)NC(C)(C)C)nnc1-c1ccc(Cl)cc1. The molecule has 0 unspecified atom stereocenters. The molecule has 10 heteroatoms. The molecular weight excluding hydrogens is 414 g/mol. The van der Waals surface area contributed by atoms with Crippen LogP contribution in [0.2, 0.25) is 5.02 Å². The minimum Gasteiger partial charge on any atom is -0.385 e. The summed E-state index contributed by atoms with van der Waals surface area (Å²) in [7, 11) is 1.65. The minimum atomic E-state index is -0.522. The standard InChI is InChI=1S/C19H26ClN5O3S/c1-19(2,3)22-17(27)21-15(26)12-29-18-24-23-16(25(18)10-5-11-28-4)13-6-8-14(20)9-7-13/h6-9H,5,10-12H2,1-4H3,(H2,21,22,26,27). The van der Waals surface area contributed by atoms with Gasteiger partial charge in [-0.15, -0.1) is 10.2 Å². The van der Waals surface area contributed by atoms with Gasteiger partial charge in [0.2, 0.25) is 5.91 Å². The Bertz CT molecular complexity index is 833. The fourth-order valence-electron chi connectivity index (χ4n) is 2.44. The number of methoxy groups -OCH3 is 1. The largest absolute Gasteiger partial charge is 0.385 e. The summed E-state index contributed by atoms with van der Waals surface area (Å²) in [5, 5.41) is 14.7. The van der Waals surface area contributed by atoms with E-state index in [1.807, 2.05) is 37.5 Å². The molecule has 0 spiro atoms. The van der Waals surface area contributed by atoms with Crippen LogP contribution < -0.4 is 10.6 Å². The number of ether oxygens (including phenoxy) is 1. The van der Waals surface area contributed by atoms with Crippen LogP contribution in [-0.2, 0) is 16.1 Å². The second-order valence-electron chi connectivity index (χ2n) is 7.35. The number of carbonyl (C=O) groups excluding carboxylic acids is 2. The monoisotopic (exact) mass is 439 g/mol. The number of amides is 3. The number of benzene rings is 1. The summed E-state index contributed by atoms with van der Waals surface area (Å²) in [5.74, 6) is 0.322. The van der Waals surface area contributed by atoms with Crippen LogP contribution in [0.15, 0.2) is 29.4 Å². The van der Waals surface area contributed by atoms with Crippen molar-refractivity contribution in [2.45, 2.75) is 44.4 Å². The number of rotatable bonds is 8. The number of nitrogens with one attached hydrogen (secondary N) is 2. The molecule has 8 nitrogen and oxygen atoms in total. The molecule has 158 valence electrons. The van der Waals surface area contributed by atoms with Gasteiger partial charge in [0.15, 0.2) is 11.0 Å². The van der Waals surface area contributed by atoms with Crippen LogP contribution in [0.5, 0.6) is 0 Å². The van der Waals surface area contributed by atoms with Gasteiger partial charge in [0.05, 0.1) is 5.75 Å². The molecule has 1 aromatic heterocycles. The van der Waals surface area contributed by atoms with Crippen LogP contribution in [0.3, 0.4) is 0 Å². The highest BCUT2D eigenvalue weighted by Crippen LogP contribution is 2.25. The highest BCUT2D eigenvalue weighted by atomic mass is 35.5. The van der Waals surface area contributed by atoms with Crippen molar-refractivity contribution in [2.24, 2.45) is 0 Å². The highest BCUT2D eigenvalue weighted by molar-refractivity contribution is 7.99. The number of halogens is 1. The van der Waals surface area contributed by atoms with Gasteiger partial charge in [0, 0.05) is 36.4 Å². The van der Waals surface area contributed by atoms with E-state index in [-0.39, 0.29) is 5.75 Å². The molecule has 0 aliphatic carbocycles. The molecule has 3 amide bonds. The third-order valence-electron chi connectivity index (χ3n) is 3.62. The quantitative estimate of drug-likeness (QED) is 0.483. The Morgan fingerprint density at radius 2 is 1.90 bits per heavy atom. The van der Waals surface area contributed by atoms with E-state index in [1.54, 1.807) is 19.2 Å². The number of hydrogen-bond donors (Lipinski definition) is 2. The summed E-state index contributed by atoms with van der Waals surface area (Å²) in [4.78, 5) is 23.9. The second-order valence-corrected chi connectivity index (χ2v) is 8.73. The van der Waals surface area contributed by atoms with Crippen LogP contribution in [0.4, 0.5) is 4.79 Å². The molecule has 0 atom stereocenters. The Morgan fingerprint density at radius 1 is 1.21 bits per heavy atom. The first-order chi connectivity index (χ1) is 13.7. The molecule has 0 aliphatic rings. The first-order valence-corrected chi connectivity index (χ1v) is 10.5. The average Bonchev–Trinajstić information content (AvgIpc) is 3.02. The first-order valence-electron chi connectivity index (χ1n) is 9.12. The molecule has 0 saturated heterocycles. The molecular formula is C19H26ClN5O3S. The van der Waals surface area contributed by atoms with E-state index < -0.39 is 17.5 Å². The van der Waals surface area contributed by atoms with Gasteiger partial charge in [0.25, 0.3) is 0 Å². The first kappa shape index (κ1) is 23.2. The van der Waals surface area contributed by atoms with Crippen LogP contribution in [0, 0.1) is 0 Å². The lowest BCUT2D eigenvalue weighted by Crippen LogP contribution is -2.48. The third-order valence-corrected chi connectivity index (χ3v) is 4.84. The predicted molar refractivity (Wildman–Crippen MR) is 114 cm³/mol. The van der Waals surface area contributed by atoms with Crippen molar-refractivity contribution in [1.82, 2.24) is 25.4 Å². The normalized spacial score (nSPS) is 11.3. The van der Waals surface area contributed by atoms with Crippen LogP contribution in [0.1, 0.15) is 27.2 Å². The van der Waals surface area contributed by atoms with Crippen molar-refractivity contribution in [2.75, 3.05) is 19.5 Å². The number of hydrogen-bond acceptors (Lipinski definition) is 6. The maximum atomic E-state index is 12.1. The van der Waals surface area contributed by atoms with Gasteiger partial charge in [-0.1, -0.05) is 23.4 Å². The average molecular weight is 440 g/mol. The van der Waals surface area contributed by atoms with Crippen molar-refractivity contribution in [3.8, 4) is 11.4 Å². The van der Waals surface area contributed by atoms with E-state index in [9.17, 15) is 9.59 Å². The lowest BCUT2D eigenvalue weighted by atomic mass is 10.1. The van der Waals surface area contributed by atoms with Crippen LogP contribution in [0.25, 0.3) is 11.4 Å². The van der Waals surface area contributed by atoms with Crippen LogP contribution >= 0.6 is 23.4 Å². The van der Waals surface area contributed by atoms with Gasteiger partial charge in [-0.05, 0) is 51.5 Å². The summed E-state index contributed by atoms with van der Waals surface area (Å²) >= 11 is 7.19. The van der Waals surface area contributed by atoms with Gasteiger partial charge in [0.1, 0.15) is 0 Å². The topological polar surface area (TPSA) is 98.1 Å². The van der Waals surface area contributed by atoms with Gasteiger partial charge < -0.3 is 14.6 Å². The number of aromatic nitrogens is 3. The number of urea groups is 1. The zero-order valence-electron chi connectivity index (χ0n) is 17.0. The summed E-state index contributed by atoms with van der Waals surface area (Å²) in [5.41, 5.74) is 0.451. The Balaban J connectivity index is 2.08. The number of nitrogens with zero attached hydrogens (tertiary/aromatic N) is 3. The Morgan fingerprint density at radius 3 is 2.52 bits per heavy atom. The van der Waals surface area contributed by atoms with E-state index in [2.05, 4.69) is 20.8 Å². The summed E-state index contributed by atoms with van der Waals surface area (Å²) < 4.78 is 7.08. The van der Waals surface area contributed by atoms with Crippen molar-refractivity contribution >= 4 is 35.3 Å². The van der Waals surface area contributed by atoms with Crippen molar-refractivity contribution in [3.05, 3.63) is 29.3 Å². The third kappa shape index (κ3) is 7.68. The highest BCUT2D eigenvalue weighted by Gasteiger charge is 2.18. The molecule has 0 radical (unpaired) electrons. The number of thioether (sulfide) groups is 1. The molecule has 0 bridgehead atoms. The van der Waals surface area contributed by atoms with Crippen LogP contribution in [-0.4, -0.2) is 51.7 Å². The van der Waals surface area contributed by atoms with E-state index in [0.29, 0.717) is 29.2 Å².